The standard InChI is InChI=1S/C5H10OS/c1-5(2)3-4(6)7-5/h4,6H,3H2,1-2H3. The summed E-state index contributed by atoms with van der Waals surface area (Å²) in [6.45, 7) is 4.29. The number of aliphatic hydroxyl groups is 1. The van der Waals surface area contributed by atoms with Crippen molar-refractivity contribution in [3.8, 4) is 0 Å². The summed E-state index contributed by atoms with van der Waals surface area (Å²) in [5, 5.41) is 8.75. The highest BCUT2D eigenvalue weighted by Gasteiger charge is 2.35. The Morgan fingerprint density at radius 1 is 1.71 bits per heavy atom. The lowest BCUT2D eigenvalue weighted by molar-refractivity contribution is 0.215. The largest absolute Gasteiger partial charge is 0.382 e. The molecule has 0 spiro atoms. The predicted octanol–water partition coefficient (Wildman–Crippen LogP) is 1.22. The summed E-state index contributed by atoms with van der Waals surface area (Å²) in [6.07, 6.45) is 0.956. The fraction of sp³-hybridized carbons (Fsp3) is 1.00. The molecule has 0 aromatic carbocycles. The molecule has 1 fully saturated rings. The zero-order valence-electron chi connectivity index (χ0n) is 4.64. The fourth-order valence-corrected chi connectivity index (χ4v) is 1.97. The van der Waals surface area contributed by atoms with E-state index in [9.17, 15) is 0 Å². The van der Waals surface area contributed by atoms with Gasteiger partial charge in [-0.2, -0.15) is 0 Å². The molecule has 42 valence electrons. The topological polar surface area (TPSA) is 20.2 Å². The Morgan fingerprint density at radius 3 is 2.14 bits per heavy atom. The van der Waals surface area contributed by atoms with Crippen LogP contribution in [0.4, 0.5) is 0 Å². The number of hydrogen-bond donors (Lipinski definition) is 1. The molecule has 0 aromatic rings. The molecule has 0 aromatic heterocycles. The number of thioether (sulfide) groups is 1. The van der Waals surface area contributed by atoms with Crippen molar-refractivity contribution in [2.45, 2.75) is 30.5 Å². The van der Waals surface area contributed by atoms with Crippen molar-refractivity contribution in [1.82, 2.24) is 0 Å². The Balaban J connectivity index is 2.29. The molecule has 1 atom stereocenters. The van der Waals surface area contributed by atoms with Gasteiger partial charge in [0.05, 0.1) is 0 Å². The van der Waals surface area contributed by atoms with E-state index in [1.54, 1.807) is 11.8 Å². The van der Waals surface area contributed by atoms with Gasteiger partial charge in [-0.05, 0) is 6.42 Å². The zero-order chi connectivity index (χ0) is 5.49. The molecule has 0 aliphatic carbocycles. The Hall–Kier alpha value is 0.310. The van der Waals surface area contributed by atoms with Crippen molar-refractivity contribution < 1.29 is 5.11 Å². The minimum Gasteiger partial charge on any atom is -0.382 e. The minimum absolute atomic E-state index is 0.0741. The van der Waals surface area contributed by atoms with Gasteiger partial charge in [0.25, 0.3) is 0 Å². The summed E-state index contributed by atoms with van der Waals surface area (Å²) in [4.78, 5) is 0. The van der Waals surface area contributed by atoms with Gasteiger partial charge in [0.1, 0.15) is 5.44 Å². The van der Waals surface area contributed by atoms with E-state index in [0.717, 1.165) is 6.42 Å². The highest BCUT2D eigenvalue weighted by Crippen LogP contribution is 2.44. The normalized spacial score (nSPS) is 37.3. The molecule has 1 nitrogen and oxygen atoms in total. The molecule has 1 aliphatic rings. The van der Waals surface area contributed by atoms with Crippen molar-refractivity contribution in [2.75, 3.05) is 0 Å². The van der Waals surface area contributed by atoms with Gasteiger partial charge in [0.15, 0.2) is 0 Å². The Kier molecular flexibility index (Phi) is 1.08. The molecular weight excluding hydrogens is 108 g/mol. The number of rotatable bonds is 0. The highest BCUT2D eigenvalue weighted by molar-refractivity contribution is 8.02. The van der Waals surface area contributed by atoms with Crippen LogP contribution in [-0.2, 0) is 0 Å². The van der Waals surface area contributed by atoms with Crippen molar-refractivity contribution in [3.05, 3.63) is 0 Å². The Morgan fingerprint density at radius 2 is 2.14 bits per heavy atom. The molecule has 1 N–H and O–H groups in total. The fourth-order valence-electron chi connectivity index (χ4n) is 0.779. The van der Waals surface area contributed by atoms with E-state index in [4.69, 9.17) is 5.11 Å². The van der Waals surface area contributed by atoms with Crippen LogP contribution in [0.3, 0.4) is 0 Å². The van der Waals surface area contributed by atoms with E-state index >= 15 is 0 Å². The zero-order valence-corrected chi connectivity index (χ0v) is 5.46. The first kappa shape index (κ1) is 5.45. The second-order valence-corrected chi connectivity index (χ2v) is 4.42. The van der Waals surface area contributed by atoms with Crippen LogP contribution in [0.1, 0.15) is 20.3 Å². The maximum absolute atomic E-state index is 8.75. The van der Waals surface area contributed by atoms with Gasteiger partial charge in [-0.15, -0.1) is 11.8 Å². The van der Waals surface area contributed by atoms with Crippen LogP contribution in [0, 0.1) is 0 Å². The molecule has 0 bridgehead atoms. The third-order valence-corrected chi connectivity index (χ3v) is 2.36. The van der Waals surface area contributed by atoms with E-state index in [2.05, 4.69) is 13.8 Å². The van der Waals surface area contributed by atoms with Crippen molar-refractivity contribution in [3.63, 3.8) is 0 Å². The summed E-state index contributed by atoms with van der Waals surface area (Å²) in [7, 11) is 0. The van der Waals surface area contributed by atoms with Gasteiger partial charge in [-0.1, -0.05) is 13.8 Å². The summed E-state index contributed by atoms with van der Waals surface area (Å²) in [5.41, 5.74) is -0.0741. The van der Waals surface area contributed by atoms with Crippen LogP contribution in [0.25, 0.3) is 0 Å². The lowest BCUT2D eigenvalue weighted by atomic mass is 10.1. The molecule has 1 aliphatic heterocycles. The lowest BCUT2D eigenvalue weighted by Gasteiger charge is -2.38. The maximum Gasteiger partial charge on any atom is 0.101 e. The van der Waals surface area contributed by atoms with Crippen molar-refractivity contribution >= 4 is 11.8 Å². The first-order chi connectivity index (χ1) is 3.10. The summed E-state index contributed by atoms with van der Waals surface area (Å²) >= 11 is 1.64. The van der Waals surface area contributed by atoms with Gasteiger partial charge in [-0.25, -0.2) is 0 Å². The molecular formula is C5H10OS. The molecule has 1 unspecified atom stereocenters. The second kappa shape index (κ2) is 1.39. The van der Waals surface area contributed by atoms with Gasteiger partial charge < -0.3 is 5.11 Å². The molecule has 0 radical (unpaired) electrons. The van der Waals surface area contributed by atoms with Gasteiger partial charge in [-0.3, -0.25) is 0 Å². The molecule has 2 heteroatoms. The monoisotopic (exact) mass is 118 g/mol. The van der Waals surface area contributed by atoms with Gasteiger partial charge in [0, 0.05) is 4.75 Å². The third-order valence-electron chi connectivity index (χ3n) is 1.12. The molecule has 7 heavy (non-hydrogen) atoms. The first-order valence-electron chi connectivity index (χ1n) is 2.46. The Labute approximate surface area is 48.1 Å². The second-order valence-electron chi connectivity index (χ2n) is 2.54. The highest BCUT2D eigenvalue weighted by atomic mass is 32.2. The first-order valence-corrected chi connectivity index (χ1v) is 3.34. The molecule has 0 saturated carbocycles. The van der Waals surface area contributed by atoms with E-state index in [0.29, 0.717) is 4.75 Å². The van der Waals surface area contributed by atoms with Crippen LogP contribution in [0.5, 0.6) is 0 Å². The third kappa shape index (κ3) is 1.10. The lowest BCUT2D eigenvalue weighted by Crippen LogP contribution is -2.34. The van der Waals surface area contributed by atoms with Gasteiger partial charge in [0.2, 0.25) is 0 Å². The Bertz CT molecular complexity index is 72.1. The van der Waals surface area contributed by atoms with E-state index < -0.39 is 0 Å². The van der Waals surface area contributed by atoms with Crippen LogP contribution >= 0.6 is 11.8 Å². The number of aliphatic hydroxyl groups excluding tert-OH is 1. The summed E-state index contributed by atoms with van der Waals surface area (Å²) in [5.74, 6) is 0. The summed E-state index contributed by atoms with van der Waals surface area (Å²) < 4.78 is 0.361. The SMILES string of the molecule is CC1(C)CC(O)S1. The maximum atomic E-state index is 8.75. The minimum atomic E-state index is -0.0741. The smallest absolute Gasteiger partial charge is 0.101 e. The molecule has 1 rings (SSSR count). The van der Waals surface area contributed by atoms with Crippen LogP contribution in [0.15, 0.2) is 0 Å². The molecule has 1 saturated heterocycles. The van der Waals surface area contributed by atoms with Crippen LogP contribution in [-0.4, -0.2) is 15.3 Å². The van der Waals surface area contributed by atoms with E-state index in [1.807, 2.05) is 0 Å². The molecule has 1 heterocycles. The number of hydrogen-bond acceptors (Lipinski definition) is 2. The molecule has 0 amide bonds. The van der Waals surface area contributed by atoms with Gasteiger partial charge >= 0.3 is 0 Å². The summed E-state index contributed by atoms with van der Waals surface area (Å²) in [6, 6.07) is 0. The van der Waals surface area contributed by atoms with E-state index in [-0.39, 0.29) is 5.44 Å². The quantitative estimate of drug-likeness (QED) is 0.516. The van der Waals surface area contributed by atoms with Crippen LogP contribution < -0.4 is 0 Å². The van der Waals surface area contributed by atoms with Crippen molar-refractivity contribution in [2.24, 2.45) is 0 Å². The predicted molar refractivity (Wildman–Crippen MR) is 32.3 cm³/mol. The van der Waals surface area contributed by atoms with E-state index in [1.165, 1.54) is 0 Å². The average Bonchev–Trinajstić information content (AvgIpc) is 1.27. The van der Waals surface area contributed by atoms with Crippen molar-refractivity contribution in [1.29, 1.82) is 0 Å². The van der Waals surface area contributed by atoms with Crippen LogP contribution in [0.2, 0.25) is 0 Å². The average molecular weight is 118 g/mol.